The Balaban J connectivity index is 2.06. The second-order valence-corrected chi connectivity index (χ2v) is 4.37. The Morgan fingerprint density at radius 3 is 2.81 bits per heavy atom. The Hall–Kier alpha value is -1.77. The highest BCUT2D eigenvalue weighted by Crippen LogP contribution is 2.50. The topological polar surface area (TPSA) is 50.4 Å². The van der Waals surface area contributed by atoms with Crippen molar-refractivity contribution in [2.45, 2.75) is 19.3 Å². The van der Waals surface area contributed by atoms with Gasteiger partial charge in [0, 0.05) is 11.3 Å². The van der Waals surface area contributed by atoms with E-state index in [9.17, 15) is 4.79 Å². The number of hydrogen-bond acceptors (Lipinski definition) is 2. The molecule has 1 saturated carbocycles. The highest BCUT2D eigenvalue weighted by atomic mass is 16.4. The molecule has 16 heavy (non-hydrogen) atoms. The molecule has 1 aromatic heterocycles. The minimum absolute atomic E-state index is 0.0740. The molecule has 3 rings (SSSR count). The van der Waals surface area contributed by atoms with Crippen LogP contribution in [0.1, 0.15) is 23.7 Å². The Labute approximate surface area is 92.7 Å². The first kappa shape index (κ1) is 9.46. The van der Waals surface area contributed by atoms with Crippen molar-refractivity contribution in [2.75, 3.05) is 0 Å². The number of carboxylic acid groups (broad SMARTS) is 1. The summed E-state index contributed by atoms with van der Waals surface area (Å²) in [5, 5.41) is 10.0. The highest BCUT2D eigenvalue weighted by molar-refractivity contribution is 5.83. The van der Waals surface area contributed by atoms with E-state index in [4.69, 9.17) is 9.52 Å². The van der Waals surface area contributed by atoms with Crippen molar-refractivity contribution in [2.24, 2.45) is 5.92 Å². The van der Waals surface area contributed by atoms with Crippen molar-refractivity contribution in [3.8, 4) is 0 Å². The lowest BCUT2D eigenvalue weighted by atomic mass is 10.1. The number of aliphatic carboxylic acids is 1. The van der Waals surface area contributed by atoms with E-state index in [1.54, 1.807) is 0 Å². The summed E-state index contributed by atoms with van der Waals surface area (Å²) in [6.07, 6.45) is 0.704. The van der Waals surface area contributed by atoms with Gasteiger partial charge in [0.15, 0.2) is 0 Å². The summed E-state index contributed by atoms with van der Waals surface area (Å²) in [6.45, 7) is 2.00. The Morgan fingerprint density at radius 2 is 2.19 bits per heavy atom. The minimum Gasteiger partial charge on any atom is -0.481 e. The molecule has 1 aliphatic carbocycles. The number of aryl methyl sites for hydroxylation is 1. The van der Waals surface area contributed by atoms with Crippen molar-refractivity contribution in [1.29, 1.82) is 0 Å². The smallest absolute Gasteiger partial charge is 0.307 e. The van der Waals surface area contributed by atoms with Gasteiger partial charge in [-0.25, -0.2) is 0 Å². The monoisotopic (exact) mass is 216 g/mol. The molecule has 0 bridgehead atoms. The van der Waals surface area contributed by atoms with Crippen molar-refractivity contribution >= 4 is 16.9 Å². The van der Waals surface area contributed by atoms with Gasteiger partial charge in [-0.1, -0.05) is 18.2 Å². The summed E-state index contributed by atoms with van der Waals surface area (Å²) < 4.78 is 5.74. The molecule has 1 aliphatic rings. The highest BCUT2D eigenvalue weighted by Gasteiger charge is 2.47. The van der Waals surface area contributed by atoms with Gasteiger partial charge in [0.05, 0.1) is 5.92 Å². The fourth-order valence-corrected chi connectivity index (χ4v) is 2.30. The Bertz CT molecular complexity index is 568. The second kappa shape index (κ2) is 3.11. The van der Waals surface area contributed by atoms with Crippen LogP contribution in [0.5, 0.6) is 0 Å². The maximum atomic E-state index is 10.8. The van der Waals surface area contributed by atoms with Crippen LogP contribution in [-0.4, -0.2) is 11.1 Å². The van der Waals surface area contributed by atoms with Crippen molar-refractivity contribution in [3.63, 3.8) is 0 Å². The fraction of sp³-hybridized carbons (Fsp3) is 0.308. The minimum atomic E-state index is -0.718. The van der Waals surface area contributed by atoms with E-state index in [1.165, 1.54) is 0 Å². The predicted octanol–water partition coefficient (Wildman–Crippen LogP) is 2.93. The molecular formula is C13H12O3. The van der Waals surface area contributed by atoms with Crippen LogP contribution >= 0.6 is 0 Å². The third kappa shape index (κ3) is 1.24. The molecule has 1 aromatic carbocycles. The Morgan fingerprint density at radius 1 is 1.44 bits per heavy atom. The molecule has 2 unspecified atom stereocenters. The normalized spacial score (nSPS) is 23.6. The molecular weight excluding hydrogens is 204 g/mol. The first-order chi connectivity index (χ1) is 7.68. The van der Waals surface area contributed by atoms with Crippen LogP contribution in [0.15, 0.2) is 28.7 Å². The third-order valence-electron chi connectivity index (χ3n) is 3.32. The van der Waals surface area contributed by atoms with Crippen LogP contribution in [0.25, 0.3) is 11.0 Å². The van der Waals surface area contributed by atoms with E-state index in [0.717, 1.165) is 22.3 Å². The zero-order valence-corrected chi connectivity index (χ0v) is 8.93. The number of carboxylic acids is 1. The fourth-order valence-electron chi connectivity index (χ4n) is 2.30. The van der Waals surface area contributed by atoms with Crippen LogP contribution in [0.4, 0.5) is 0 Å². The lowest BCUT2D eigenvalue weighted by Crippen LogP contribution is -1.98. The maximum absolute atomic E-state index is 10.8. The average molecular weight is 216 g/mol. The quantitative estimate of drug-likeness (QED) is 0.839. The van der Waals surface area contributed by atoms with Gasteiger partial charge in [-0.15, -0.1) is 0 Å². The van der Waals surface area contributed by atoms with Crippen LogP contribution < -0.4 is 0 Å². The molecule has 0 radical (unpaired) electrons. The van der Waals surface area contributed by atoms with Crippen LogP contribution in [-0.2, 0) is 4.79 Å². The molecule has 1 fully saturated rings. The first-order valence-electron chi connectivity index (χ1n) is 5.39. The van der Waals surface area contributed by atoms with E-state index in [2.05, 4.69) is 0 Å². The molecule has 1 N–H and O–H groups in total. The van der Waals surface area contributed by atoms with E-state index in [0.29, 0.717) is 6.42 Å². The first-order valence-corrected chi connectivity index (χ1v) is 5.39. The number of fused-ring (bicyclic) bond motifs is 1. The zero-order valence-electron chi connectivity index (χ0n) is 8.93. The van der Waals surface area contributed by atoms with Gasteiger partial charge in [0.2, 0.25) is 0 Å². The number of rotatable bonds is 2. The summed E-state index contributed by atoms with van der Waals surface area (Å²) in [4.78, 5) is 10.8. The van der Waals surface area contributed by atoms with Gasteiger partial charge in [0.1, 0.15) is 11.3 Å². The van der Waals surface area contributed by atoms with Crippen LogP contribution in [0.3, 0.4) is 0 Å². The number of para-hydroxylation sites is 1. The summed E-state index contributed by atoms with van der Waals surface area (Å²) in [6, 6.07) is 7.83. The van der Waals surface area contributed by atoms with Crippen LogP contribution in [0.2, 0.25) is 0 Å². The number of carbonyl (C=O) groups is 1. The van der Waals surface area contributed by atoms with E-state index >= 15 is 0 Å². The number of benzene rings is 1. The van der Waals surface area contributed by atoms with Gasteiger partial charge >= 0.3 is 5.97 Å². The van der Waals surface area contributed by atoms with Gasteiger partial charge < -0.3 is 9.52 Å². The molecule has 2 aromatic rings. The van der Waals surface area contributed by atoms with E-state index in [-0.39, 0.29) is 11.8 Å². The van der Waals surface area contributed by atoms with Gasteiger partial charge in [-0.3, -0.25) is 4.79 Å². The molecule has 0 aliphatic heterocycles. The molecule has 0 amide bonds. The molecule has 0 saturated heterocycles. The largest absolute Gasteiger partial charge is 0.481 e. The SMILES string of the molecule is Cc1c(C2CC2C(=O)O)oc2ccccc12. The lowest BCUT2D eigenvalue weighted by molar-refractivity contribution is -0.138. The third-order valence-corrected chi connectivity index (χ3v) is 3.32. The Kier molecular flexibility index (Phi) is 1.84. The standard InChI is InChI=1S/C13H12O3/c1-7-8-4-2-3-5-11(8)16-12(7)9-6-10(9)13(14)15/h2-5,9-10H,6H2,1H3,(H,14,15). The molecule has 2 atom stereocenters. The van der Waals surface area contributed by atoms with E-state index in [1.807, 2.05) is 31.2 Å². The molecule has 3 heteroatoms. The lowest BCUT2D eigenvalue weighted by Gasteiger charge is -1.94. The van der Waals surface area contributed by atoms with Crippen molar-refractivity contribution < 1.29 is 14.3 Å². The zero-order chi connectivity index (χ0) is 11.3. The summed E-state index contributed by atoms with van der Waals surface area (Å²) in [5.41, 5.74) is 1.94. The average Bonchev–Trinajstić information content (AvgIpc) is 3.00. The van der Waals surface area contributed by atoms with Gasteiger partial charge in [-0.2, -0.15) is 0 Å². The molecule has 0 spiro atoms. The van der Waals surface area contributed by atoms with E-state index < -0.39 is 5.97 Å². The number of furan rings is 1. The maximum Gasteiger partial charge on any atom is 0.307 e. The summed E-state index contributed by atoms with van der Waals surface area (Å²) in [7, 11) is 0. The molecule has 82 valence electrons. The van der Waals surface area contributed by atoms with Crippen LogP contribution in [0, 0.1) is 12.8 Å². The number of hydrogen-bond donors (Lipinski definition) is 1. The van der Waals surface area contributed by atoms with Crippen molar-refractivity contribution in [3.05, 3.63) is 35.6 Å². The second-order valence-electron chi connectivity index (χ2n) is 4.37. The van der Waals surface area contributed by atoms with Gasteiger partial charge in [0.25, 0.3) is 0 Å². The molecule has 3 nitrogen and oxygen atoms in total. The molecule has 1 heterocycles. The predicted molar refractivity (Wildman–Crippen MR) is 59.4 cm³/mol. The summed E-state index contributed by atoms with van der Waals surface area (Å²) in [5.74, 6) is -0.0392. The van der Waals surface area contributed by atoms with Crippen molar-refractivity contribution in [1.82, 2.24) is 0 Å². The van der Waals surface area contributed by atoms with Gasteiger partial charge in [-0.05, 0) is 25.0 Å². The summed E-state index contributed by atoms with van der Waals surface area (Å²) >= 11 is 0.